The first-order chi connectivity index (χ1) is 61.1. The minimum Gasteiger partial charge on any atom is -0.309 e. The van der Waals surface area contributed by atoms with Gasteiger partial charge in [-0.25, -0.2) is 0 Å². The number of hydrogen-bond acceptors (Lipinski definition) is 0. The van der Waals surface area contributed by atoms with E-state index in [4.69, 9.17) is 0 Å². The molecule has 2 nitrogen and oxygen atoms in total. The van der Waals surface area contributed by atoms with Crippen molar-refractivity contribution < 1.29 is 0 Å². The molecule has 2 aromatic heterocycles. The van der Waals surface area contributed by atoms with E-state index in [0.29, 0.717) is 0 Å². The number of nitrogens with zero attached hydrogens (tertiary/aromatic N) is 2. The lowest BCUT2D eigenvalue weighted by atomic mass is 9.84. The molecule has 2 heterocycles. The van der Waals surface area contributed by atoms with E-state index in [1.54, 1.807) is 0 Å². The molecule has 2 heteroatoms. The molecule has 0 N–H and O–H groups in total. The largest absolute Gasteiger partial charge is 0.309 e. The van der Waals surface area contributed by atoms with E-state index in [1.165, 1.54) is 243 Å². The third-order valence-electron chi connectivity index (χ3n) is 25.9. The lowest BCUT2D eigenvalue weighted by Crippen LogP contribution is -1.93. The number of para-hydroxylation sites is 4. The predicted molar refractivity (Wildman–Crippen MR) is 530 cm³/mol. The van der Waals surface area contributed by atoms with E-state index < -0.39 is 0 Å². The maximum Gasteiger partial charge on any atom is 0.0541 e. The molecule has 0 atom stereocenters. The van der Waals surface area contributed by atoms with Gasteiger partial charge in [0, 0.05) is 32.9 Å². The Labute approximate surface area is 723 Å². The van der Waals surface area contributed by atoms with Crippen molar-refractivity contribution in [1.82, 2.24) is 9.13 Å². The Morgan fingerprint density at radius 1 is 0.121 bits per heavy atom. The third-order valence-corrected chi connectivity index (χ3v) is 25.9. The zero-order valence-corrected chi connectivity index (χ0v) is 69.6. The monoisotopic (exact) mass is 1580 g/mol. The molecular weight excluding hydrogens is 1490 g/mol. The van der Waals surface area contributed by atoms with Crippen LogP contribution in [-0.2, 0) is 0 Å². The first-order valence-electron chi connectivity index (χ1n) is 43.1. The quantitative estimate of drug-likeness (QED) is 0.102. The number of hydrogen-bond donors (Lipinski definition) is 0. The summed E-state index contributed by atoms with van der Waals surface area (Å²) in [5, 5.41) is 15.3. The topological polar surface area (TPSA) is 9.86 Å². The van der Waals surface area contributed by atoms with Crippen molar-refractivity contribution >= 4 is 86.7 Å². The van der Waals surface area contributed by atoms with Crippen LogP contribution in [0, 0.1) is 27.7 Å². The van der Waals surface area contributed by atoms with Crippen LogP contribution < -0.4 is 0 Å². The Balaban J connectivity index is 0.000000148. The van der Waals surface area contributed by atoms with Crippen LogP contribution in [0.4, 0.5) is 0 Å². The molecule has 0 aliphatic heterocycles. The van der Waals surface area contributed by atoms with Gasteiger partial charge in [-0.05, 0) is 276 Å². The fourth-order valence-corrected chi connectivity index (χ4v) is 19.3. The van der Waals surface area contributed by atoms with E-state index >= 15 is 0 Å². The van der Waals surface area contributed by atoms with Crippen LogP contribution in [0.1, 0.15) is 22.3 Å². The van der Waals surface area contributed by atoms with Crippen molar-refractivity contribution in [3.05, 3.63) is 471 Å². The first-order valence-corrected chi connectivity index (χ1v) is 43.1. The van der Waals surface area contributed by atoms with Crippen molar-refractivity contribution in [2.24, 2.45) is 0 Å². The van der Waals surface area contributed by atoms with Gasteiger partial charge in [0.05, 0.1) is 22.1 Å². The number of benzene rings is 21. The summed E-state index contributed by atoms with van der Waals surface area (Å²) in [5.41, 5.74) is 39.5. The van der Waals surface area contributed by atoms with Crippen LogP contribution in [0.5, 0.6) is 0 Å². The average Bonchev–Trinajstić information content (AvgIpc) is 1.01. The maximum atomic E-state index is 2.40. The summed E-state index contributed by atoms with van der Waals surface area (Å²) in [6.07, 6.45) is 0. The Hall–Kier alpha value is -15.7. The van der Waals surface area contributed by atoms with Crippen molar-refractivity contribution in [2.75, 3.05) is 0 Å². The van der Waals surface area contributed by atoms with Crippen molar-refractivity contribution in [2.45, 2.75) is 27.7 Å². The van der Waals surface area contributed by atoms with Crippen LogP contribution in [0.2, 0.25) is 0 Å². The molecule has 584 valence electrons. The van der Waals surface area contributed by atoms with Crippen molar-refractivity contribution in [1.29, 1.82) is 0 Å². The molecule has 0 aliphatic carbocycles. The summed E-state index contributed by atoms with van der Waals surface area (Å²) < 4.78 is 4.74. The molecule has 0 amide bonds. The molecule has 0 bridgehead atoms. The summed E-state index contributed by atoms with van der Waals surface area (Å²) in [5.74, 6) is 0. The zero-order chi connectivity index (χ0) is 82.9. The van der Waals surface area contributed by atoms with Crippen LogP contribution >= 0.6 is 0 Å². The lowest BCUT2D eigenvalue weighted by molar-refractivity contribution is 1.18. The van der Waals surface area contributed by atoms with Gasteiger partial charge in [-0.1, -0.05) is 388 Å². The van der Waals surface area contributed by atoms with Gasteiger partial charge in [-0.2, -0.15) is 0 Å². The minimum absolute atomic E-state index is 1.17. The van der Waals surface area contributed by atoms with E-state index in [2.05, 4.69) is 486 Å². The molecular formula is C122H86N2. The highest BCUT2D eigenvalue weighted by molar-refractivity contribution is 6.24. The van der Waals surface area contributed by atoms with E-state index in [9.17, 15) is 0 Å². The van der Waals surface area contributed by atoms with Crippen molar-refractivity contribution in [3.63, 3.8) is 0 Å². The SMILES string of the molecule is Cc1cc2c(-c3ccc(-c4ccc(-c5ccccc5)cc4)cc3)c3ccccc3c(-c3ccc(-c4ccc(-c5ccc6c(c5)c5ccccc5n6-c5ccccc5)cc4)cc3)c2cc1C.Cc1cc2c(-c3ccc(-c4ccccc4)cc3)c3ccccc3c(-c3ccc(-c4ccc(-c5ccc6c(c5)c5ccccc5n6-c5ccccc5)cc4)cc3)c2cc1C. The normalized spacial score (nSPS) is 11.5. The minimum atomic E-state index is 1.17. The highest BCUT2D eigenvalue weighted by atomic mass is 15.0. The summed E-state index contributed by atoms with van der Waals surface area (Å²) in [7, 11) is 0. The van der Waals surface area contributed by atoms with Crippen LogP contribution in [0.15, 0.2) is 449 Å². The van der Waals surface area contributed by atoms with Gasteiger partial charge in [-0.3, -0.25) is 0 Å². The van der Waals surface area contributed by atoms with Gasteiger partial charge in [0.25, 0.3) is 0 Å². The summed E-state index contributed by atoms with van der Waals surface area (Å²) in [4.78, 5) is 0. The number of aryl methyl sites for hydroxylation is 4. The van der Waals surface area contributed by atoms with E-state index in [0.717, 1.165) is 0 Å². The Bertz CT molecular complexity index is 8000. The summed E-state index contributed by atoms with van der Waals surface area (Å²) in [6.45, 7) is 8.93. The van der Waals surface area contributed by atoms with E-state index in [-0.39, 0.29) is 0 Å². The highest BCUT2D eigenvalue weighted by Crippen LogP contribution is 2.49. The van der Waals surface area contributed by atoms with Gasteiger partial charge >= 0.3 is 0 Å². The average molecular weight is 1580 g/mol. The Kier molecular flexibility index (Phi) is 18.9. The van der Waals surface area contributed by atoms with Gasteiger partial charge in [-0.15, -0.1) is 0 Å². The summed E-state index contributed by atoms with van der Waals surface area (Å²) >= 11 is 0. The molecule has 23 aromatic rings. The van der Waals surface area contributed by atoms with Crippen molar-refractivity contribution in [3.8, 4) is 134 Å². The van der Waals surface area contributed by atoms with Gasteiger partial charge in [0.2, 0.25) is 0 Å². The smallest absolute Gasteiger partial charge is 0.0541 e. The number of aromatic nitrogens is 2. The second-order valence-electron chi connectivity index (χ2n) is 33.2. The molecule has 0 aliphatic rings. The fourth-order valence-electron chi connectivity index (χ4n) is 19.3. The Morgan fingerprint density at radius 2 is 0.298 bits per heavy atom. The number of fused-ring (bicyclic) bond motifs is 10. The van der Waals surface area contributed by atoms with E-state index in [1.807, 2.05) is 0 Å². The molecule has 21 aromatic carbocycles. The highest BCUT2D eigenvalue weighted by Gasteiger charge is 2.23. The molecule has 23 rings (SSSR count). The second-order valence-corrected chi connectivity index (χ2v) is 33.2. The van der Waals surface area contributed by atoms with Crippen LogP contribution in [-0.4, -0.2) is 9.13 Å². The lowest BCUT2D eigenvalue weighted by Gasteiger charge is -2.19. The third kappa shape index (κ3) is 13.4. The van der Waals surface area contributed by atoms with Crippen LogP contribution in [0.3, 0.4) is 0 Å². The van der Waals surface area contributed by atoms with Crippen LogP contribution in [0.25, 0.3) is 220 Å². The molecule has 0 spiro atoms. The second kappa shape index (κ2) is 31.4. The first kappa shape index (κ1) is 74.5. The molecule has 0 saturated carbocycles. The van der Waals surface area contributed by atoms with Gasteiger partial charge < -0.3 is 9.13 Å². The standard InChI is InChI=1S/C64H45N.C58H41N/c1-42-39-59-60(40-43(42)2)64(57-19-10-9-18-56(57)63(59)51-33-29-48(30-34-51)46-23-21-45(22-24-46)44-13-5-3-6-14-44)52-35-31-49(32-36-52)47-25-27-50(28-26-47)53-37-38-62-58(41-53)55-17-11-12-20-61(55)65(62)54-15-7-4-8-16-54;1-38-35-53-54(36-39(38)2)58(51-19-10-9-18-50(51)57(53)45-29-25-41(26-30-45)40-13-5-3-6-14-40)46-31-27-43(28-32-46)42-21-23-44(24-22-42)47-33-34-56-52(37-47)49-17-11-12-20-55(49)59(56)48-15-7-4-8-16-48/h3-41H,1-2H3;3-37H,1-2H3. The number of rotatable bonds is 13. The molecule has 0 unspecified atom stereocenters. The molecule has 124 heavy (non-hydrogen) atoms. The van der Waals surface area contributed by atoms with Gasteiger partial charge in [0.1, 0.15) is 0 Å². The fraction of sp³-hybridized carbons (Fsp3) is 0.0328. The predicted octanol–water partition coefficient (Wildman–Crippen LogP) is 33.8. The summed E-state index contributed by atoms with van der Waals surface area (Å²) in [6, 6.07) is 165. The zero-order valence-electron chi connectivity index (χ0n) is 69.6. The maximum absolute atomic E-state index is 2.40. The molecule has 0 radical (unpaired) electrons. The van der Waals surface area contributed by atoms with Gasteiger partial charge in [0.15, 0.2) is 0 Å². The molecule has 0 fully saturated rings. The Morgan fingerprint density at radius 3 is 0.548 bits per heavy atom. The molecule has 0 saturated heterocycles.